The Morgan fingerprint density at radius 2 is 1.79 bits per heavy atom. The first-order chi connectivity index (χ1) is 8.97. The van der Waals surface area contributed by atoms with Gasteiger partial charge < -0.3 is 5.32 Å². The van der Waals surface area contributed by atoms with Crippen molar-refractivity contribution in [3.63, 3.8) is 0 Å². The molecule has 1 nitrogen and oxygen atoms in total. The molecule has 1 aromatic carbocycles. The molecule has 0 bridgehead atoms. The van der Waals surface area contributed by atoms with Gasteiger partial charge in [-0.05, 0) is 43.2 Å². The van der Waals surface area contributed by atoms with Crippen LogP contribution in [0.4, 0.5) is 0 Å². The molecule has 1 aromatic heterocycles. The van der Waals surface area contributed by atoms with Gasteiger partial charge in [-0.3, -0.25) is 0 Å². The molecule has 0 saturated carbocycles. The average Bonchev–Trinajstić information content (AvgIpc) is 2.68. The SMILES string of the molecule is CC(N[C@@H](C)c1cccc(Cl)c1)c1cc(Cl)sc1Cl. The predicted octanol–water partition coefficient (Wildman–Crippen LogP) is 6.12. The maximum absolute atomic E-state index is 6.17. The van der Waals surface area contributed by atoms with Crippen LogP contribution in [0.15, 0.2) is 30.3 Å². The van der Waals surface area contributed by atoms with E-state index in [-0.39, 0.29) is 12.1 Å². The van der Waals surface area contributed by atoms with Gasteiger partial charge in [0.05, 0.1) is 8.67 Å². The van der Waals surface area contributed by atoms with Crippen LogP contribution < -0.4 is 5.32 Å². The summed E-state index contributed by atoms with van der Waals surface area (Å²) in [6, 6.07) is 10.1. The first-order valence-corrected chi connectivity index (χ1v) is 7.88. The number of rotatable bonds is 4. The van der Waals surface area contributed by atoms with E-state index in [0.29, 0.717) is 4.34 Å². The second-order valence-corrected chi connectivity index (χ2v) is 7.17. The average molecular weight is 335 g/mol. The molecule has 0 spiro atoms. The van der Waals surface area contributed by atoms with Crippen molar-refractivity contribution in [2.24, 2.45) is 0 Å². The molecule has 0 aliphatic heterocycles. The quantitative estimate of drug-likeness (QED) is 0.710. The molecule has 102 valence electrons. The summed E-state index contributed by atoms with van der Waals surface area (Å²) >= 11 is 19.5. The lowest BCUT2D eigenvalue weighted by molar-refractivity contribution is 0.496. The fourth-order valence-electron chi connectivity index (χ4n) is 1.99. The van der Waals surface area contributed by atoms with E-state index < -0.39 is 0 Å². The standard InChI is InChI=1S/C14H14Cl3NS/c1-8(10-4-3-5-11(15)6-10)18-9(2)12-7-13(16)19-14(12)17/h3-9,18H,1-2H3/t8-,9?/m0/s1. The Labute approximate surface area is 132 Å². The Morgan fingerprint density at radius 3 is 2.37 bits per heavy atom. The number of hydrogen-bond donors (Lipinski definition) is 1. The van der Waals surface area contributed by atoms with Crippen molar-refractivity contribution in [2.75, 3.05) is 0 Å². The van der Waals surface area contributed by atoms with Crippen molar-refractivity contribution < 1.29 is 0 Å². The van der Waals surface area contributed by atoms with E-state index in [9.17, 15) is 0 Å². The van der Waals surface area contributed by atoms with Crippen molar-refractivity contribution >= 4 is 46.1 Å². The van der Waals surface area contributed by atoms with Gasteiger partial charge in [0.2, 0.25) is 0 Å². The van der Waals surface area contributed by atoms with Gasteiger partial charge in [-0.2, -0.15) is 0 Å². The van der Waals surface area contributed by atoms with E-state index in [4.69, 9.17) is 34.8 Å². The summed E-state index contributed by atoms with van der Waals surface area (Å²) in [6.07, 6.45) is 0. The molecule has 1 N–H and O–H groups in total. The second-order valence-electron chi connectivity index (χ2n) is 4.44. The topological polar surface area (TPSA) is 12.0 Å². The third kappa shape index (κ3) is 3.87. The Bertz CT molecular complexity index is 568. The molecule has 2 aromatic rings. The summed E-state index contributed by atoms with van der Waals surface area (Å²) in [7, 11) is 0. The maximum atomic E-state index is 6.17. The highest BCUT2D eigenvalue weighted by Gasteiger charge is 2.16. The second kappa shape index (κ2) is 6.47. The van der Waals surface area contributed by atoms with Crippen LogP contribution >= 0.6 is 46.1 Å². The van der Waals surface area contributed by atoms with Crippen LogP contribution in [0.1, 0.15) is 37.1 Å². The van der Waals surface area contributed by atoms with Crippen LogP contribution in [0.25, 0.3) is 0 Å². The van der Waals surface area contributed by atoms with E-state index in [0.717, 1.165) is 20.5 Å². The summed E-state index contributed by atoms with van der Waals surface area (Å²) in [4.78, 5) is 0. The summed E-state index contributed by atoms with van der Waals surface area (Å²) < 4.78 is 1.45. The highest BCUT2D eigenvalue weighted by Crippen LogP contribution is 2.35. The maximum Gasteiger partial charge on any atom is 0.0991 e. The van der Waals surface area contributed by atoms with Crippen LogP contribution in [0.5, 0.6) is 0 Å². The molecule has 0 aliphatic carbocycles. The third-order valence-electron chi connectivity index (χ3n) is 3.00. The zero-order valence-corrected chi connectivity index (χ0v) is 13.7. The molecule has 0 fully saturated rings. The largest absolute Gasteiger partial charge is 0.304 e. The third-order valence-corrected chi connectivity index (χ3v) is 4.75. The van der Waals surface area contributed by atoms with Gasteiger partial charge in [0.25, 0.3) is 0 Å². The normalized spacial score (nSPS) is 14.4. The van der Waals surface area contributed by atoms with Crippen LogP contribution in [0.3, 0.4) is 0 Å². The first kappa shape index (κ1) is 15.1. The highest BCUT2D eigenvalue weighted by atomic mass is 35.5. The molecule has 0 aliphatic rings. The van der Waals surface area contributed by atoms with Crippen molar-refractivity contribution in [1.82, 2.24) is 5.32 Å². The van der Waals surface area contributed by atoms with Gasteiger partial charge in [0, 0.05) is 17.1 Å². The molecule has 0 amide bonds. The summed E-state index contributed by atoms with van der Waals surface area (Å²) in [5, 5.41) is 4.24. The Kier molecular flexibility index (Phi) is 5.15. The van der Waals surface area contributed by atoms with Gasteiger partial charge in [-0.15, -0.1) is 11.3 Å². The van der Waals surface area contributed by atoms with Gasteiger partial charge in [0.15, 0.2) is 0 Å². The zero-order chi connectivity index (χ0) is 14.0. The van der Waals surface area contributed by atoms with Crippen LogP contribution in [-0.4, -0.2) is 0 Å². The molecule has 19 heavy (non-hydrogen) atoms. The van der Waals surface area contributed by atoms with E-state index in [2.05, 4.69) is 25.2 Å². The number of nitrogens with one attached hydrogen (secondary N) is 1. The van der Waals surface area contributed by atoms with Crippen molar-refractivity contribution in [1.29, 1.82) is 0 Å². The van der Waals surface area contributed by atoms with Gasteiger partial charge >= 0.3 is 0 Å². The molecular formula is C14H14Cl3NS. The number of benzene rings is 1. The summed E-state index contributed by atoms with van der Waals surface area (Å²) in [5.74, 6) is 0. The van der Waals surface area contributed by atoms with Crippen LogP contribution in [0.2, 0.25) is 13.7 Å². The fourth-order valence-corrected chi connectivity index (χ4v) is 3.83. The van der Waals surface area contributed by atoms with Gasteiger partial charge in [-0.1, -0.05) is 46.9 Å². The van der Waals surface area contributed by atoms with Gasteiger partial charge in [0.1, 0.15) is 0 Å². The minimum atomic E-state index is 0.130. The first-order valence-electron chi connectivity index (χ1n) is 5.93. The van der Waals surface area contributed by atoms with Crippen molar-refractivity contribution in [3.8, 4) is 0 Å². The van der Waals surface area contributed by atoms with Crippen LogP contribution in [-0.2, 0) is 0 Å². The lowest BCUT2D eigenvalue weighted by Crippen LogP contribution is -2.22. The van der Waals surface area contributed by atoms with E-state index in [1.54, 1.807) is 0 Å². The van der Waals surface area contributed by atoms with E-state index in [1.807, 2.05) is 24.3 Å². The highest BCUT2D eigenvalue weighted by molar-refractivity contribution is 7.20. The fraction of sp³-hybridized carbons (Fsp3) is 0.286. The molecular weight excluding hydrogens is 321 g/mol. The molecule has 2 rings (SSSR count). The molecule has 2 atom stereocenters. The molecule has 5 heteroatoms. The minimum Gasteiger partial charge on any atom is -0.304 e. The monoisotopic (exact) mass is 333 g/mol. The summed E-state index contributed by atoms with van der Waals surface area (Å²) in [6.45, 7) is 4.18. The van der Waals surface area contributed by atoms with Crippen molar-refractivity contribution in [2.45, 2.75) is 25.9 Å². The Balaban J connectivity index is 2.10. The predicted molar refractivity (Wildman–Crippen MR) is 85.8 cm³/mol. The van der Waals surface area contributed by atoms with Crippen LogP contribution in [0, 0.1) is 0 Å². The molecule has 1 heterocycles. The number of hydrogen-bond acceptors (Lipinski definition) is 2. The Morgan fingerprint density at radius 1 is 1.05 bits per heavy atom. The van der Waals surface area contributed by atoms with E-state index in [1.165, 1.54) is 11.3 Å². The van der Waals surface area contributed by atoms with Gasteiger partial charge in [-0.25, -0.2) is 0 Å². The van der Waals surface area contributed by atoms with E-state index >= 15 is 0 Å². The summed E-state index contributed by atoms with van der Waals surface area (Å²) in [5.41, 5.74) is 2.18. The lowest BCUT2D eigenvalue weighted by atomic mass is 10.1. The molecule has 0 radical (unpaired) electrons. The Hall–Kier alpha value is -0.250. The van der Waals surface area contributed by atoms with Crippen molar-refractivity contribution in [3.05, 3.63) is 55.2 Å². The lowest BCUT2D eigenvalue weighted by Gasteiger charge is -2.20. The minimum absolute atomic E-state index is 0.130. The number of thiophene rings is 1. The molecule has 1 unspecified atom stereocenters. The molecule has 0 saturated heterocycles. The number of halogens is 3. The smallest absolute Gasteiger partial charge is 0.0991 e. The zero-order valence-electron chi connectivity index (χ0n) is 10.6.